The van der Waals surface area contributed by atoms with Gasteiger partial charge in [-0.25, -0.2) is 0 Å². The first-order chi connectivity index (χ1) is 8.06. The predicted octanol–water partition coefficient (Wildman–Crippen LogP) is 2.54. The van der Waals surface area contributed by atoms with Gasteiger partial charge in [0.05, 0.1) is 6.04 Å². The highest BCUT2D eigenvalue weighted by Gasteiger charge is 2.34. The van der Waals surface area contributed by atoms with Crippen LogP contribution in [-0.2, 0) is 4.79 Å². The van der Waals surface area contributed by atoms with Crippen LogP contribution in [0, 0.1) is 5.92 Å². The first kappa shape index (κ1) is 14.5. The van der Waals surface area contributed by atoms with Gasteiger partial charge in [-0.2, -0.15) is 0 Å². The van der Waals surface area contributed by atoms with E-state index in [1.54, 1.807) is 0 Å². The Labute approximate surface area is 106 Å². The van der Waals surface area contributed by atoms with Crippen molar-refractivity contribution in [1.29, 1.82) is 0 Å². The van der Waals surface area contributed by atoms with Gasteiger partial charge in [0, 0.05) is 12.6 Å². The number of amides is 1. The monoisotopic (exact) mass is 240 g/mol. The van der Waals surface area contributed by atoms with Crippen LogP contribution in [0.2, 0.25) is 0 Å². The fraction of sp³-hybridized carbons (Fsp3) is 0.929. The third kappa shape index (κ3) is 5.07. The van der Waals surface area contributed by atoms with E-state index in [1.165, 1.54) is 12.8 Å². The van der Waals surface area contributed by atoms with E-state index in [9.17, 15) is 4.79 Å². The number of hydrogen-bond acceptors (Lipinski definition) is 2. The Morgan fingerprint density at radius 3 is 2.47 bits per heavy atom. The third-order valence-corrected chi connectivity index (χ3v) is 3.40. The number of rotatable bonds is 8. The second-order valence-electron chi connectivity index (χ2n) is 5.69. The summed E-state index contributed by atoms with van der Waals surface area (Å²) in [7, 11) is 0. The summed E-state index contributed by atoms with van der Waals surface area (Å²) in [6.07, 6.45) is 6.42. The minimum Gasteiger partial charge on any atom is -0.338 e. The molecule has 0 radical (unpaired) electrons. The van der Waals surface area contributed by atoms with Crippen LogP contribution in [0.15, 0.2) is 0 Å². The molecule has 0 aromatic carbocycles. The van der Waals surface area contributed by atoms with Crippen molar-refractivity contribution < 1.29 is 4.79 Å². The lowest BCUT2D eigenvalue weighted by molar-refractivity contribution is -0.133. The Morgan fingerprint density at radius 1 is 1.35 bits per heavy atom. The molecule has 0 saturated heterocycles. The molecule has 3 heteroatoms. The van der Waals surface area contributed by atoms with Crippen molar-refractivity contribution in [3.05, 3.63) is 0 Å². The Kier molecular flexibility index (Phi) is 5.96. The molecule has 3 nitrogen and oxygen atoms in total. The zero-order chi connectivity index (χ0) is 12.8. The molecule has 1 saturated carbocycles. The lowest BCUT2D eigenvalue weighted by Gasteiger charge is -2.26. The van der Waals surface area contributed by atoms with E-state index >= 15 is 0 Å². The number of carbonyl (C=O) groups excluding carboxylic acids is 1. The van der Waals surface area contributed by atoms with Gasteiger partial charge in [0.2, 0.25) is 5.91 Å². The lowest BCUT2D eigenvalue weighted by Crippen LogP contribution is -2.45. The Bertz CT molecular complexity index is 236. The summed E-state index contributed by atoms with van der Waals surface area (Å²) in [5.41, 5.74) is 5.98. The molecule has 1 atom stereocenters. The molecule has 0 aromatic rings. The van der Waals surface area contributed by atoms with Crippen molar-refractivity contribution in [2.24, 2.45) is 11.7 Å². The van der Waals surface area contributed by atoms with E-state index < -0.39 is 0 Å². The molecule has 0 aromatic heterocycles. The topological polar surface area (TPSA) is 46.3 Å². The van der Waals surface area contributed by atoms with Crippen molar-refractivity contribution >= 4 is 5.91 Å². The number of nitrogens with zero attached hydrogens (tertiary/aromatic N) is 1. The SMILES string of the molecule is CCCCC(N)C(=O)N(CCC(C)C)C1CC1. The van der Waals surface area contributed by atoms with Gasteiger partial charge in [0.25, 0.3) is 0 Å². The normalized spacial score (nSPS) is 17.2. The fourth-order valence-electron chi connectivity index (χ4n) is 2.02. The number of carbonyl (C=O) groups is 1. The highest BCUT2D eigenvalue weighted by atomic mass is 16.2. The van der Waals surface area contributed by atoms with Crippen molar-refractivity contribution in [2.45, 2.75) is 71.4 Å². The van der Waals surface area contributed by atoms with E-state index in [4.69, 9.17) is 5.73 Å². The van der Waals surface area contributed by atoms with Crippen molar-refractivity contribution in [1.82, 2.24) is 4.90 Å². The third-order valence-electron chi connectivity index (χ3n) is 3.40. The number of hydrogen-bond donors (Lipinski definition) is 1. The lowest BCUT2D eigenvalue weighted by atomic mass is 10.1. The van der Waals surface area contributed by atoms with Crippen LogP contribution in [0.1, 0.15) is 59.3 Å². The predicted molar refractivity (Wildman–Crippen MR) is 71.7 cm³/mol. The van der Waals surface area contributed by atoms with Gasteiger partial charge in [-0.15, -0.1) is 0 Å². The van der Waals surface area contributed by atoms with Gasteiger partial charge in [-0.05, 0) is 31.6 Å². The molecule has 0 bridgehead atoms. The highest BCUT2D eigenvalue weighted by molar-refractivity contribution is 5.82. The molecule has 0 aliphatic heterocycles. The van der Waals surface area contributed by atoms with Crippen LogP contribution >= 0.6 is 0 Å². The van der Waals surface area contributed by atoms with Crippen molar-refractivity contribution in [3.8, 4) is 0 Å². The summed E-state index contributed by atoms with van der Waals surface area (Å²) < 4.78 is 0. The second kappa shape index (κ2) is 7.00. The molecule has 100 valence electrons. The quantitative estimate of drug-likeness (QED) is 0.708. The van der Waals surface area contributed by atoms with Crippen LogP contribution in [0.3, 0.4) is 0 Å². The van der Waals surface area contributed by atoms with Gasteiger partial charge in [-0.3, -0.25) is 4.79 Å². The first-order valence-electron chi connectivity index (χ1n) is 7.12. The summed E-state index contributed by atoms with van der Waals surface area (Å²) in [6, 6.07) is 0.219. The Hall–Kier alpha value is -0.570. The van der Waals surface area contributed by atoms with Crippen LogP contribution in [0.25, 0.3) is 0 Å². The first-order valence-corrected chi connectivity index (χ1v) is 7.12. The molecule has 17 heavy (non-hydrogen) atoms. The van der Waals surface area contributed by atoms with Crippen LogP contribution < -0.4 is 5.73 Å². The van der Waals surface area contributed by atoms with Gasteiger partial charge in [0.1, 0.15) is 0 Å². The molecule has 1 aliphatic rings. The summed E-state index contributed by atoms with van der Waals surface area (Å²) >= 11 is 0. The summed E-state index contributed by atoms with van der Waals surface area (Å²) in [4.78, 5) is 14.3. The van der Waals surface area contributed by atoms with E-state index in [-0.39, 0.29) is 11.9 Å². The van der Waals surface area contributed by atoms with Crippen LogP contribution in [0.4, 0.5) is 0 Å². The van der Waals surface area contributed by atoms with E-state index in [1.807, 2.05) is 4.90 Å². The maximum Gasteiger partial charge on any atom is 0.239 e. The number of nitrogens with two attached hydrogens (primary N) is 1. The van der Waals surface area contributed by atoms with E-state index in [0.717, 1.165) is 32.2 Å². The Balaban J connectivity index is 2.42. The van der Waals surface area contributed by atoms with E-state index in [0.29, 0.717) is 12.0 Å². The smallest absolute Gasteiger partial charge is 0.239 e. The number of unbranched alkanes of at least 4 members (excludes halogenated alkanes) is 1. The molecule has 2 N–H and O–H groups in total. The van der Waals surface area contributed by atoms with Crippen molar-refractivity contribution in [3.63, 3.8) is 0 Å². The standard InChI is InChI=1S/C14H28N2O/c1-4-5-6-13(15)14(17)16(12-7-8-12)10-9-11(2)3/h11-13H,4-10,15H2,1-3H3. The Morgan fingerprint density at radius 2 is 2.00 bits per heavy atom. The average Bonchev–Trinajstić information content (AvgIpc) is 3.09. The molecule has 1 aliphatic carbocycles. The summed E-state index contributed by atoms with van der Waals surface area (Å²) in [5.74, 6) is 0.831. The molecule has 1 rings (SSSR count). The van der Waals surface area contributed by atoms with Crippen molar-refractivity contribution in [2.75, 3.05) is 6.54 Å². The molecular formula is C14H28N2O. The second-order valence-corrected chi connectivity index (χ2v) is 5.69. The van der Waals surface area contributed by atoms with Gasteiger partial charge in [0.15, 0.2) is 0 Å². The molecule has 0 heterocycles. The van der Waals surface area contributed by atoms with Gasteiger partial charge in [-0.1, -0.05) is 33.6 Å². The zero-order valence-electron chi connectivity index (χ0n) is 11.6. The fourth-order valence-corrected chi connectivity index (χ4v) is 2.02. The minimum atomic E-state index is -0.275. The zero-order valence-corrected chi connectivity index (χ0v) is 11.6. The summed E-state index contributed by atoms with van der Waals surface area (Å²) in [6.45, 7) is 7.43. The maximum absolute atomic E-state index is 12.2. The van der Waals surface area contributed by atoms with E-state index in [2.05, 4.69) is 20.8 Å². The largest absolute Gasteiger partial charge is 0.338 e. The van der Waals surface area contributed by atoms with Crippen LogP contribution in [0.5, 0.6) is 0 Å². The highest BCUT2D eigenvalue weighted by Crippen LogP contribution is 2.28. The minimum absolute atomic E-state index is 0.182. The molecule has 1 unspecified atom stereocenters. The molecule has 1 amide bonds. The van der Waals surface area contributed by atoms with Gasteiger partial charge < -0.3 is 10.6 Å². The van der Waals surface area contributed by atoms with Crippen LogP contribution in [-0.4, -0.2) is 29.4 Å². The molecule has 0 spiro atoms. The molecule has 1 fully saturated rings. The van der Waals surface area contributed by atoms with Gasteiger partial charge >= 0.3 is 0 Å². The average molecular weight is 240 g/mol. The summed E-state index contributed by atoms with van der Waals surface area (Å²) in [5, 5.41) is 0. The molecular weight excluding hydrogens is 212 g/mol. The maximum atomic E-state index is 12.2.